The van der Waals surface area contributed by atoms with Gasteiger partial charge in [-0.25, -0.2) is 0 Å². The molecule has 0 aliphatic carbocycles. The number of nitrogens with one attached hydrogen (secondary N) is 1. The predicted molar refractivity (Wildman–Crippen MR) is 77.6 cm³/mol. The quantitative estimate of drug-likeness (QED) is 0.856. The lowest BCUT2D eigenvalue weighted by Crippen LogP contribution is -2.18. The van der Waals surface area contributed by atoms with Crippen molar-refractivity contribution >= 4 is 17.0 Å². The highest BCUT2D eigenvalue weighted by Gasteiger charge is 2.06. The number of benzene rings is 1. The second-order valence-electron chi connectivity index (χ2n) is 4.84. The third-order valence-corrected chi connectivity index (χ3v) is 3.09. The lowest BCUT2D eigenvalue weighted by molar-refractivity contribution is 0.600. The van der Waals surface area contributed by atoms with Gasteiger partial charge in [0.2, 0.25) is 0 Å². The molecule has 0 saturated carbocycles. The molecule has 0 unspecified atom stereocenters. The average molecular weight is 243 g/mol. The van der Waals surface area contributed by atoms with Gasteiger partial charge in [0.1, 0.15) is 11.3 Å². The van der Waals surface area contributed by atoms with Crippen LogP contribution in [0, 0.1) is 5.92 Å². The molecule has 2 aromatic rings. The van der Waals surface area contributed by atoms with Gasteiger partial charge >= 0.3 is 0 Å². The Hall–Kier alpha value is -1.54. The minimum absolute atomic E-state index is 0.525. The van der Waals surface area contributed by atoms with Crippen LogP contribution >= 0.6 is 0 Å². The van der Waals surface area contributed by atoms with Gasteiger partial charge in [0.15, 0.2) is 0 Å². The number of rotatable bonds is 5. The first-order chi connectivity index (χ1) is 8.70. The molecule has 0 aliphatic heterocycles. The molecule has 0 radical (unpaired) electrons. The van der Waals surface area contributed by atoms with Crippen molar-refractivity contribution in [1.82, 2.24) is 5.32 Å². The molecule has 18 heavy (non-hydrogen) atoms. The number of hydrogen-bond donors (Lipinski definition) is 1. The molecule has 0 atom stereocenters. The van der Waals surface area contributed by atoms with Crippen molar-refractivity contribution in [3.05, 3.63) is 41.7 Å². The van der Waals surface area contributed by atoms with E-state index in [4.69, 9.17) is 4.42 Å². The van der Waals surface area contributed by atoms with Gasteiger partial charge in [0, 0.05) is 11.9 Å². The SMILES string of the molecule is CCNCC(=Cc1cc2ccccc2o1)C(C)C. The smallest absolute Gasteiger partial charge is 0.134 e. The summed E-state index contributed by atoms with van der Waals surface area (Å²) in [5, 5.41) is 4.54. The van der Waals surface area contributed by atoms with E-state index in [1.165, 1.54) is 5.57 Å². The Kier molecular flexibility index (Phi) is 4.21. The highest BCUT2D eigenvalue weighted by molar-refractivity contribution is 5.79. The summed E-state index contributed by atoms with van der Waals surface area (Å²) in [6.07, 6.45) is 2.16. The highest BCUT2D eigenvalue weighted by Crippen LogP contribution is 2.22. The van der Waals surface area contributed by atoms with Crippen LogP contribution < -0.4 is 5.32 Å². The minimum Gasteiger partial charge on any atom is -0.457 e. The van der Waals surface area contributed by atoms with Crippen LogP contribution in [-0.2, 0) is 0 Å². The Morgan fingerprint density at radius 2 is 2.11 bits per heavy atom. The van der Waals surface area contributed by atoms with E-state index in [0.717, 1.165) is 29.8 Å². The lowest BCUT2D eigenvalue weighted by atomic mass is 10.0. The zero-order chi connectivity index (χ0) is 13.0. The van der Waals surface area contributed by atoms with Crippen LogP contribution in [0.15, 0.2) is 40.3 Å². The molecule has 0 aliphatic rings. The summed E-state index contributed by atoms with van der Waals surface area (Å²) in [4.78, 5) is 0. The van der Waals surface area contributed by atoms with Gasteiger partial charge in [-0.15, -0.1) is 0 Å². The van der Waals surface area contributed by atoms with E-state index in [1.54, 1.807) is 0 Å². The summed E-state index contributed by atoms with van der Waals surface area (Å²) in [5.41, 5.74) is 2.33. The van der Waals surface area contributed by atoms with Gasteiger partial charge in [-0.05, 0) is 30.7 Å². The molecule has 0 amide bonds. The molecule has 1 aromatic carbocycles. The first-order valence-corrected chi connectivity index (χ1v) is 6.60. The number of furan rings is 1. The lowest BCUT2D eigenvalue weighted by Gasteiger charge is -2.11. The van der Waals surface area contributed by atoms with Crippen LogP contribution in [0.5, 0.6) is 0 Å². The maximum absolute atomic E-state index is 5.82. The zero-order valence-electron chi connectivity index (χ0n) is 11.4. The van der Waals surface area contributed by atoms with Crippen molar-refractivity contribution in [3.8, 4) is 0 Å². The molecule has 0 spiro atoms. The molecule has 2 nitrogen and oxygen atoms in total. The summed E-state index contributed by atoms with van der Waals surface area (Å²) >= 11 is 0. The molecule has 0 saturated heterocycles. The summed E-state index contributed by atoms with van der Waals surface area (Å²) in [6.45, 7) is 8.46. The van der Waals surface area contributed by atoms with Crippen LogP contribution in [0.4, 0.5) is 0 Å². The topological polar surface area (TPSA) is 25.2 Å². The standard InChI is InChI=1S/C16H21NO/c1-4-17-11-14(12(2)3)10-15-9-13-7-5-6-8-16(13)18-15/h5-10,12,17H,4,11H2,1-3H3. The number of hydrogen-bond acceptors (Lipinski definition) is 2. The maximum atomic E-state index is 5.82. The van der Waals surface area contributed by atoms with E-state index in [0.29, 0.717) is 5.92 Å². The van der Waals surface area contributed by atoms with Crippen LogP contribution in [0.3, 0.4) is 0 Å². The molecule has 1 N–H and O–H groups in total. The molecular weight excluding hydrogens is 222 g/mol. The zero-order valence-corrected chi connectivity index (χ0v) is 11.4. The summed E-state index contributed by atoms with van der Waals surface area (Å²) in [7, 11) is 0. The molecule has 96 valence electrons. The van der Waals surface area contributed by atoms with Crippen LogP contribution in [0.2, 0.25) is 0 Å². The highest BCUT2D eigenvalue weighted by atomic mass is 16.3. The average Bonchev–Trinajstić information content (AvgIpc) is 2.76. The van der Waals surface area contributed by atoms with Crippen LogP contribution in [0.25, 0.3) is 17.0 Å². The summed E-state index contributed by atoms with van der Waals surface area (Å²) in [6, 6.07) is 10.2. The minimum atomic E-state index is 0.525. The molecule has 1 aromatic heterocycles. The van der Waals surface area contributed by atoms with Gasteiger partial charge < -0.3 is 9.73 Å². The van der Waals surface area contributed by atoms with Crippen molar-refractivity contribution in [1.29, 1.82) is 0 Å². The van der Waals surface area contributed by atoms with Gasteiger partial charge in [-0.3, -0.25) is 0 Å². The van der Waals surface area contributed by atoms with E-state index in [9.17, 15) is 0 Å². The van der Waals surface area contributed by atoms with E-state index in [1.807, 2.05) is 18.2 Å². The van der Waals surface area contributed by atoms with Crippen molar-refractivity contribution in [2.45, 2.75) is 20.8 Å². The normalized spacial score (nSPS) is 12.6. The van der Waals surface area contributed by atoms with Gasteiger partial charge in [0.25, 0.3) is 0 Å². The van der Waals surface area contributed by atoms with Crippen molar-refractivity contribution < 1.29 is 4.42 Å². The Balaban J connectivity index is 2.28. The predicted octanol–water partition coefficient (Wildman–Crippen LogP) is 4.08. The van der Waals surface area contributed by atoms with E-state index < -0.39 is 0 Å². The molecule has 2 rings (SSSR count). The van der Waals surface area contributed by atoms with Crippen molar-refractivity contribution in [2.24, 2.45) is 5.92 Å². The Bertz CT molecular complexity index is 504. The van der Waals surface area contributed by atoms with Crippen molar-refractivity contribution in [2.75, 3.05) is 13.1 Å². The third-order valence-electron chi connectivity index (χ3n) is 3.09. The molecular formula is C16H21NO. The number of para-hydroxylation sites is 1. The van der Waals surface area contributed by atoms with E-state index >= 15 is 0 Å². The monoisotopic (exact) mass is 243 g/mol. The second kappa shape index (κ2) is 5.87. The van der Waals surface area contributed by atoms with Gasteiger partial charge in [0.05, 0.1) is 0 Å². The van der Waals surface area contributed by atoms with E-state index in [-0.39, 0.29) is 0 Å². The second-order valence-corrected chi connectivity index (χ2v) is 4.84. The van der Waals surface area contributed by atoms with Crippen LogP contribution in [-0.4, -0.2) is 13.1 Å². The first kappa shape index (κ1) is 12.9. The molecule has 1 heterocycles. The Morgan fingerprint density at radius 1 is 1.33 bits per heavy atom. The maximum Gasteiger partial charge on any atom is 0.134 e. The fourth-order valence-electron chi connectivity index (χ4n) is 1.95. The van der Waals surface area contributed by atoms with Crippen LogP contribution in [0.1, 0.15) is 26.5 Å². The molecule has 0 bridgehead atoms. The van der Waals surface area contributed by atoms with E-state index in [2.05, 4.69) is 44.3 Å². The number of fused-ring (bicyclic) bond motifs is 1. The number of likely N-dealkylation sites (N-methyl/N-ethyl adjacent to an activating group) is 1. The first-order valence-electron chi connectivity index (χ1n) is 6.60. The Morgan fingerprint density at radius 3 is 2.78 bits per heavy atom. The molecule has 0 fully saturated rings. The van der Waals surface area contributed by atoms with Crippen molar-refractivity contribution in [3.63, 3.8) is 0 Å². The van der Waals surface area contributed by atoms with Gasteiger partial charge in [-0.2, -0.15) is 0 Å². The largest absolute Gasteiger partial charge is 0.457 e. The fraction of sp³-hybridized carbons (Fsp3) is 0.375. The summed E-state index contributed by atoms with van der Waals surface area (Å²) < 4.78 is 5.82. The summed E-state index contributed by atoms with van der Waals surface area (Å²) in [5.74, 6) is 1.47. The van der Waals surface area contributed by atoms with Gasteiger partial charge in [-0.1, -0.05) is 44.5 Å². The molecule has 2 heteroatoms. The Labute approximate surface area is 109 Å². The third kappa shape index (κ3) is 3.02. The fourth-order valence-corrected chi connectivity index (χ4v) is 1.95.